The van der Waals surface area contributed by atoms with Crippen molar-refractivity contribution < 1.29 is 4.74 Å². The maximum absolute atomic E-state index is 6.48. The molecule has 2 aliphatic rings. The summed E-state index contributed by atoms with van der Waals surface area (Å²) in [5.74, 6) is 1.98. The van der Waals surface area contributed by atoms with Crippen LogP contribution in [0.4, 0.5) is 0 Å². The molecule has 1 unspecified atom stereocenters. The van der Waals surface area contributed by atoms with Gasteiger partial charge in [-0.2, -0.15) is 0 Å². The van der Waals surface area contributed by atoms with E-state index < -0.39 is 7.92 Å². The van der Waals surface area contributed by atoms with Crippen LogP contribution in [-0.4, -0.2) is 0 Å². The van der Waals surface area contributed by atoms with Crippen molar-refractivity contribution in [1.82, 2.24) is 0 Å². The monoisotopic (exact) mass is 470 g/mol. The lowest BCUT2D eigenvalue weighted by Gasteiger charge is -2.30. The molecular formula is C27H20BrOP. The van der Waals surface area contributed by atoms with Gasteiger partial charge in [0.1, 0.15) is 11.5 Å². The summed E-state index contributed by atoms with van der Waals surface area (Å²) < 4.78 is 7.60. The van der Waals surface area contributed by atoms with E-state index in [-0.39, 0.29) is 5.41 Å². The van der Waals surface area contributed by atoms with Gasteiger partial charge in [0.2, 0.25) is 0 Å². The molecule has 30 heavy (non-hydrogen) atoms. The molecule has 0 saturated heterocycles. The third-order valence-electron chi connectivity index (χ3n) is 6.30. The van der Waals surface area contributed by atoms with E-state index >= 15 is 0 Å². The Morgan fingerprint density at radius 3 is 2.27 bits per heavy atom. The summed E-state index contributed by atoms with van der Waals surface area (Å²) in [4.78, 5) is 0. The first-order valence-electron chi connectivity index (χ1n) is 10.1. The van der Waals surface area contributed by atoms with Gasteiger partial charge in [0.15, 0.2) is 0 Å². The highest BCUT2D eigenvalue weighted by Gasteiger charge is 2.39. The van der Waals surface area contributed by atoms with Gasteiger partial charge in [0.05, 0.1) is 0 Å². The number of rotatable bonds is 1. The molecule has 0 N–H and O–H groups in total. The molecule has 0 fully saturated rings. The Balaban J connectivity index is 1.64. The Labute approximate surface area is 186 Å². The molecule has 1 heterocycles. The lowest BCUT2D eigenvalue weighted by atomic mass is 9.82. The lowest BCUT2D eigenvalue weighted by Crippen LogP contribution is -2.27. The Kier molecular flexibility index (Phi) is 4.01. The minimum atomic E-state index is -0.670. The average Bonchev–Trinajstić information content (AvgIpc) is 2.97. The van der Waals surface area contributed by atoms with E-state index in [0.717, 1.165) is 16.0 Å². The van der Waals surface area contributed by atoms with Crippen LogP contribution in [-0.2, 0) is 5.41 Å². The van der Waals surface area contributed by atoms with Crippen LogP contribution in [0.3, 0.4) is 0 Å². The first kappa shape index (κ1) is 18.4. The van der Waals surface area contributed by atoms with Gasteiger partial charge in [-0.1, -0.05) is 84.4 Å². The molecular weight excluding hydrogens is 451 g/mol. The molecule has 1 atom stereocenters. The second kappa shape index (κ2) is 6.54. The van der Waals surface area contributed by atoms with Crippen molar-refractivity contribution >= 4 is 39.8 Å². The van der Waals surface area contributed by atoms with Gasteiger partial charge >= 0.3 is 0 Å². The molecule has 1 nitrogen and oxygen atoms in total. The molecule has 1 aliphatic carbocycles. The van der Waals surface area contributed by atoms with Gasteiger partial charge in [-0.25, -0.2) is 0 Å². The minimum absolute atomic E-state index is 0.0454. The first-order chi connectivity index (χ1) is 14.5. The minimum Gasteiger partial charge on any atom is -0.456 e. The Morgan fingerprint density at radius 1 is 0.700 bits per heavy atom. The number of benzene rings is 4. The van der Waals surface area contributed by atoms with E-state index in [9.17, 15) is 0 Å². The fraction of sp³-hybridized carbons (Fsp3) is 0.111. The number of hydrogen-bond donors (Lipinski definition) is 0. The van der Waals surface area contributed by atoms with Crippen LogP contribution in [0, 0.1) is 0 Å². The summed E-state index contributed by atoms with van der Waals surface area (Å²) in [6.45, 7) is 4.63. The van der Waals surface area contributed by atoms with Crippen molar-refractivity contribution in [2.24, 2.45) is 0 Å². The molecule has 0 saturated carbocycles. The highest BCUT2D eigenvalue weighted by molar-refractivity contribution is 9.10. The van der Waals surface area contributed by atoms with E-state index in [1.165, 1.54) is 38.2 Å². The highest BCUT2D eigenvalue weighted by atomic mass is 79.9. The summed E-state index contributed by atoms with van der Waals surface area (Å²) in [5, 5.41) is 3.95. The molecule has 146 valence electrons. The average molecular weight is 471 g/mol. The molecule has 1 aliphatic heterocycles. The predicted octanol–water partition coefficient (Wildman–Crippen LogP) is 6.62. The summed E-state index contributed by atoms with van der Waals surface area (Å²) in [7, 11) is -0.670. The molecule has 4 aromatic rings. The molecule has 0 radical (unpaired) electrons. The van der Waals surface area contributed by atoms with Crippen LogP contribution in [0.15, 0.2) is 89.4 Å². The highest BCUT2D eigenvalue weighted by Crippen LogP contribution is 2.53. The zero-order chi connectivity index (χ0) is 20.5. The normalized spacial score (nSPS) is 17.4. The van der Waals surface area contributed by atoms with Crippen LogP contribution in [0.5, 0.6) is 11.5 Å². The molecule has 0 aromatic heterocycles. The van der Waals surface area contributed by atoms with Crippen molar-refractivity contribution in [3.8, 4) is 22.6 Å². The number of halogens is 1. The van der Waals surface area contributed by atoms with Crippen LogP contribution >= 0.6 is 23.9 Å². The second-order valence-corrected chi connectivity index (χ2v) is 11.5. The number of hydrogen-bond acceptors (Lipinski definition) is 1. The standard InChI is InChI=1S/C27H20BrOP/c1-27(2)21-13-12-17(28)14-19(21)20-15-26-24(16-22(20)27)29-23-10-6-7-11-25(23)30(26)18-8-4-3-5-9-18/h3-16H,1-2H3. The summed E-state index contributed by atoms with van der Waals surface area (Å²) in [5.41, 5.74) is 5.34. The molecule has 3 heteroatoms. The topological polar surface area (TPSA) is 9.23 Å². The summed E-state index contributed by atoms with van der Waals surface area (Å²) in [6.07, 6.45) is 0. The Bertz CT molecular complexity index is 1310. The van der Waals surface area contributed by atoms with Crippen LogP contribution < -0.4 is 20.7 Å². The molecule has 0 amide bonds. The summed E-state index contributed by atoms with van der Waals surface area (Å²) >= 11 is 3.68. The van der Waals surface area contributed by atoms with Crippen molar-refractivity contribution in [1.29, 1.82) is 0 Å². The van der Waals surface area contributed by atoms with Crippen molar-refractivity contribution in [3.63, 3.8) is 0 Å². The number of fused-ring (bicyclic) bond motifs is 5. The van der Waals surface area contributed by atoms with Gasteiger partial charge in [0, 0.05) is 20.5 Å². The van der Waals surface area contributed by atoms with E-state index in [0.29, 0.717) is 0 Å². The van der Waals surface area contributed by atoms with Crippen LogP contribution in [0.2, 0.25) is 0 Å². The zero-order valence-corrected chi connectivity index (χ0v) is 19.3. The molecule has 4 aromatic carbocycles. The quantitative estimate of drug-likeness (QED) is 0.250. The smallest absolute Gasteiger partial charge is 0.136 e. The third-order valence-corrected chi connectivity index (χ3v) is 9.29. The molecule has 6 rings (SSSR count). The second-order valence-electron chi connectivity index (χ2n) is 8.42. The van der Waals surface area contributed by atoms with Crippen LogP contribution in [0.1, 0.15) is 25.0 Å². The van der Waals surface area contributed by atoms with Gasteiger partial charge in [-0.05, 0) is 65.8 Å². The van der Waals surface area contributed by atoms with Gasteiger partial charge in [-0.3, -0.25) is 0 Å². The Morgan fingerprint density at radius 2 is 1.43 bits per heavy atom. The van der Waals surface area contributed by atoms with Crippen LogP contribution in [0.25, 0.3) is 11.1 Å². The fourth-order valence-electron chi connectivity index (χ4n) is 4.83. The van der Waals surface area contributed by atoms with E-state index in [2.05, 4.69) is 115 Å². The van der Waals surface area contributed by atoms with Crippen molar-refractivity contribution in [3.05, 3.63) is 101 Å². The maximum Gasteiger partial charge on any atom is 0.136 e. The van der Waals surface area contributed by atoms with E-state index in [1.54, 1.807) is 0 Å². The van der Waals surface area contributed by atoms with E-state index in [1.807, 2.05) is 0 Å². The Hall–Kier alpha value is -2.41. The molecule has 0 bridgehead atoms. The van der Waals surface area contributed by atoms with Gasteiger partial charge in [0.25, 0.3) is 0 Å². The lowest BCUT2D eigenvalue weighted by molar-refractivity contribution is 0.486. The zero-order valence-electron chi connectivity index (χ0n) is 16.8. The summed E-state index contributed by atoms with van der Waals surface area (Å²) in [6, 6.07) is 30.7. The third kappa shape index (κ3) is 2.57. The van der Waals surface area contributed by atoms with Gasteiger partial charge in [-0.15, -0.1) is 0 Å². The van der Waals surface area contributed by atoms with Gasteiger partial charge < -0.3 is 4.74 Å². The fourth-order valence-corrected chi connectivity index (χ4v) is 7.64. The number of para-hydroxylation sites is 1. The first-order valence-corrected chi connectivity index (χ1v) is 12.3. The van der Waals surface area contributed by atoms with Crippen molar-refractivity contribution in [2.75, 3.05) is 0 Å². The SMILES string of the molecule is CC1(C)c2ccc(Br)cc2-c2cc3c(cc21)Oc1ccccc1P3c1ccccc1. The number of ether oxygens (including phenoxy) is 1. The maximum atomic E-state index is 6.48. The predicted molar refractivity (Wildman–Crippen MR) is 130 cm³/mol. The van der Waals surface area contributed by atoms with Crippen molar-refractivity contribution in [2.45, 2.75) is 19.3 Å². The molecule has 0 spiro atoms. The van der Waals surface area contributed by atoms with E-state index in [4.69, 9.17) is 4.74 Å². The largest absolute Gasteiger partial charge is 0.456 e.